The summed E-state index contributed by atoms with van der Waals surface area (Å²) in [7, 11) is 0. The van der Waals surface area contributed by atoms with Crippen molar-refractivity contribution >= 4 is 87.5 Å². The highest BCUT2D eigenvalue weighted by Gasteiger charge is 2.33. The average Bonchev–Trinajstić information content (AvgIpc) is 3.50. The number of fused-ring (bicyclic) bond motifs is 13. The molecule has 0 amide bonds. The molecule has 9 aromatic rings. The molecule has 7 aromatic carbocycles. The van der Waals surface area contributed by atoms with Crippen LogP contribution in [-0.2, 0) is 0 Å². The molecule has 2 aromatic heterocycles. The second kappa shape index (κ2) is 9.63. The van der Waals surface area contributed by atoms with Crippen molar-refractivity contribution in [2.24, 2.45) is 0 Å². The van der Waals surface area contributed by atoms with Crippen LogP contribution in [0.5, 0.6) is 0 Å². The second-order valence-corrected chi connectivity index (χ2v) is 13.2. The van der Waals surface area contributed by atoms with Crippen molar-refractivity contribution in [3.05, 3.63) is 139 Å². The lowest BCUT2D eigenvalue weighted by molar-refractivity contribution is 1.17. The molecule has 3 heterocycles. The Kier molecular flexibility index (Phi) is 4.78. The third kappa shape index (κ3) is 3.65. The van der Waals surface area contributed by atoms with Crippen LogP contribution < -0.4 is 4.31 Å². The van der Waals surface area contributed by atoms with E-state index in [2.05, 4.69) is 89.2 Å². The molecule has 0 saturated carbocycles. The molecule has 0 bridgehead atoms. The van der Waals surface area contributed by atoms with E-state index in [9.17, 15) is 0 Å². The highest BCUT2D eigenvalue weighted by atomic mass is 32.2. The number of thiophene rings is 1. The fourth-order valence-electron chi connectivity index (χ4n) is 6.75. The number of anilines is 2. The van der Waals surface area contributed by atoms with Crippen molar-refractivity contribution in [2.75, 3.05) is 4.31 Å². The van der Waals surface area contributed by atoms with Gasteiger partial charge in [0.2, 0.25) is 5.95 Å². The van der Waals surface area contributed by atoms with Crippen molar-refractivity contribution in [2.45, 2.75) is 4.90 Å². The summed E-state index contributed by atoms with van der Waals surface area (Å²) >= 11 is 3.40. The van der Waals surface area contributed by atoms with E-state index in [1.807, 2.05) is 24.3 Å². The van der Waals surface area contributed by atoms with Crippen molar-refractivity contribution < 1.29 is 4.11 Å². The maximum atomic E-state index is 8.81. The van der Waals surface area contributed by atoms with Crippen LogP contribution >= 0.6 is 23.3 Å². The third-order valence-electron chi connectivity index (χ3n) is 8.66. The highest BCUT2D eigenvalue weighted by molar-refractivity contribution is 8.01. The maximum Gasteiger partial charge on any atom is 0.241 e. The van der Waals surface area contributed by atoms with Gasteiger partial charge in [-0.1, -0.05) is 121 Å². The molecule has 45 heavy (non-hydrogen) atoms. The Balaban J connectivity index is 1.37. The monoisotopic (exact) mass is 612 g/mol. The molecule has 0 aliphatic carbocycles. The van der Waals surface area contributed by atoms with Crippen LogP contribution in [0, 0.1) is 0 Å². The summed E-state index contributed by atoms with van der Waals surface area (Å²) in [6.07, 6.45) is 0. The summed E-state index contributed by atoms with van der Waals surface area (Å²) in [5.41, 5.74) is 5.03. The molecule has 0 saturated heterocycles. The van der Waals surface area contributed by atoms with Gasteiger partial charge in [-0.3, -0.25) is 0 Å². The van der Waals surface area contributed by atoms with E-state index in [0.717, 1.165) is 31.7 Å². The normalized spacial score (nSPS) is 13.7. The van der Waals surface area contributed by atoms with Gasteiger partial charge in [-0.25, -0.2) is 14.3 Å². The maximum absolute atomic E-state index is 8.81. The third-order valence-corrected chi connectivity index (χ3v) is 10.9. The second-order valence-electron chi connectivity index (χ2n) is 11.1. The number of rotatable bonds is 2. The summed E-state index contributed by atoms with van der Waals surface area (Å²) in [5, 5.41) is 7.96. The van der Waals surface area contributed by atoms with Crippen LogP contribution in [0.3, 0.4) is 0 Å². The smallest absolute Gasteiger partial charge is 0.241 e. The topological polar surface area (TPSA) is 29.0 Å². The van der Waals surface area contributed by atoms with Gasteiger partial charge in [0.1, 0.15) is 0 Å². The molecule has 0 fully saturated rings. The summed E-state index contributed by atoms with van der Waals surface area (Å²) in [5.74, 6) is 0.483. The fourth-order valence-corrected chi connectivity index (χ4v) is 9.13. The minimum absolute atomic E-state index is 0.101. The largest absolute Gasteiger partial charge is 0.246 e. The van der Waals surface area contributed by atoms with Gasteiger partial charge in [-0.2, -0.15) is 0 Å². The first-order valence-electron chi connectivity index (χ1n) is 16.3. The number of aromatic nitrogens is 2. The number of hydrogen-bond acceptors (Lipinski definition) is 5. The molecular weight excluding hydrogens is 587 g/mol. The number of benzene rings is 7. The zero-order chi connectivity index (χ0) is 32.1. The molecule has 0 spiro atoms. The van der Waals surface area contributed by atoms with Crippen LogP contribution in [0.25, 0.3) is 75.0 Å². The molecule has 0 atom stereocenters. The van der Waals surface area contributed by atoms with Crippen LogP contribution in [0.2, 0.25) is 0 Å². The number of para-hydroxylation sites is 1. The average molecular weight is 613 g/mol. The van der Waals surface area contributed by atoms with Gasteiger partial charge in [0.25, 0.3) is 0 Å². The molecule has 3 nitrogen and oxygen atoms in total. The van der Waals surface area contributed by atoms with Crippen molar-refractivity contribution in [3.63, 3.8) is 0 Å². The van der Waals surface area contributed by atoms with Gasteiger partial charge in [0.05, 0.1) is 25.7 Å². The Morgan fingerprint density at radius 3 is 2.18 bits per heavy atom. The summed E-state index contributed by atoms with van der Waals surface area (Å²) in [6.45, 7) is 0. The molecule has 0 unspecified atom stereocenters. The summed E-state index contributed by atoms with van der Waals surface area (Å²) in [4.78, 5) is 11.5. The molecular formula is C40H23N3S2. The van der Waals surface area contributed by atoms with E-state index in [1.165, 1.54) is 54.7 Å². The predicted molar refractivity (Wildman–Crippen MR) is 193 cm³/mol. The van der Waals surface area contributed by atoms with Gasteiger partial charge in [0.15, 0.2) is 0 Å². The van der Waals surface area contributed by atoms with Crippen LogP contribution in [0.1, 0.15) is 4.11 Å². The summed E-state index contributed by atoms with van der Waals surface area (Å²) in [6, 6.07) is 41.3. The zero-order valence-corrected chi connectivity index (χ0v) is 25.3. The van der Waals surface area contributed by atoms with Crippen molar-refractivity contribution in [3.8, 4) is 22.4 Å². The Morgan fingerprint density at radius 1 is 0.600 bits per heavy atom. The lowest BCUT2D eigenvalue weighted by Gasteiger charge is -2.32. The summed E-state index contributed by atoms with van der Waals surface area (Å²) < 4.78 is 30.3. The first-order chi connectivity index (χ1) is 23.5. The number of nitrogens with zero attached hydrogens (tertiary/aromatic N) is 3. The Bertz CT molecular complexity index is 2810. The zero-order valence-electron chi connectivity index (χ0n) is 26.7. The molecule has 210 valence electrons. The quantitative estimate of drug-likeness (QED) is 0.182. The first kappa shape index (κ1) is 22.3. The minimum atomic E-state index is 0.101. The van der Waals surface area contributed by atoms with Gasteiger partial charge >= 0.3 is 0 Å². The fraction of sp³-hybridized carbons (Fsp3) is 0. The predicted octanol–water partition coefficient (Wildman–Crippen LogP) is 11.8. The molecule has 1 aliphatic heterocycles. The Morgan fingerprint density at radius 2 is 1.31 bits per heavy atom. The van der Waals surface area contributed by atoms with Crippen molar-refractivity contribution in [1.82, 2.24) is 9.97 Å². The highest BCUT2D eigenvalue weighted by Crippen LogP contribution is 2.59. The van der Waals surface area contributed by atoms with E-state index in [4.69, 9.17) is 14.1 Å². The molecule has 1 aliphatic rings. The SMILES string of the molecule is [2H]c1cc([2H])c(-c2nc(N3Sc4ccc5ccccc5c4-c4c3c3sc5ccccc5c3c3ccccc43)nc3ccccc23)c([2H])c1. The Labute approximate surface area is 271 Å². The van der Waals surface area contributed by atoms with E-state index < -0.39 is 0 Å². The van der Waals surface area contributed by atoms with Gasteiger partial charge in [-0.15, -0.1) is 11.3 Å². The van der Waals surface area contributed by atoms with Crippen LogP contribution in [-0.4, -0.2) is 9.97 Å². The molecule has 0 N–H and O–H groups in total. The molecule has 0 radical (unpaired) electrons. The molecule has 5 heteroatoms. The Hall–Kier alpha value is -5.23. The van der Waals surface area contributed by atoms with Crippen LogP contribution in [0.15, 0.2) is 144 Å². The lowest BCUT2D eigenvalue weighted by atomic mass is 9.90. The minimum Gasteiger partial charge on any atom is -0.246 e. The van der Waals surface area contributed by atoms with Gasteiger partial charge < -0.3 is 0 Å². The van der Waals surface area contributed by atoms with E-state index in [0.29, 0.717) is 17.2 Å². The van der Waals surface area contributed by atoms with Gasteiger partial charge in [0, 0.05) is 42.4 Å². The first-order valence-corrected chi connectivity index (χ1v) is 16.4. The standard InChI is InChI=1S/C40H23N3S2/c1-2-13-25(14-3-1)37-29-18-8-10-20-31(29)41-40(42-37)43-38-36(35-26-15-5-4-12-24(26)22-23-33(35)45-43)28-17-7-6-16-27(28)34-30-19-9-11-21-32(30)44-39(34)38/h1-23H/i1D,13D,14D. The van der Waals surface area contributed by atoms with Gasteiger partial charge in [-0.05, 0) is 51.7 Å². The molecule has 10 rings (SSSR count). The van der Waals surface area contributed by atoms with E-state index >= 15 is 0 Å². The number of hydrogen-bond donors (Lipinski definition) is 0. The van der Waals surface area contributed by atoms with E-state index in [1.54, 1.807) is 23.3 Å². The lowest BCUT2D eigenvalue weighted by Crippen LogP contribution is -2.16. The van der Waals surface area contributed by atoms with E-state index in [-0.39, 0.29) is 18.1 Å². The van der Waals surface area contributed by atoms with Crippen molar-refractivity contribution in [1.29, 1.82) is 0 Å². The van der Waals surface area contributed by atoms with Crippen LogP contribution in [0.4, 0.5) is 11.6 Å².